The number of hydrogen-bond donors (Lipinski definition) is 2. The van der Waals surface area contributed by atoms with Gasteiger partial charge in [0, 0.05) is 13.0 Å². The second-order valence-corrected chi connectivity index (χ2v) is 4.83. The highest BCUT2D eigenvalue weighted by atomic mass is 16.5. The van der Waals surface area contributed by atoms with Crippen molar-refractivity contribution in [2.45, 2.75) is 25.3 Å². The van der Waals surface area contributed by atoms with Crippen LogP contribution in [0, 0.1) is 0 Å². The number of rotatable bonds is 7. The second kappa shape index (κ2) is 7.52. The zero-order chi connectivity index (χ0) is 15.1. The SMILES string of the molecule is COc1ccc(OCCCNC(=O)[C@H]2CCC(=O)N2)cc1. The van der Waals surface area contributed by atoms with E-state index >= 15 is 0 Å². The van der Waals surface area contributed by atoms with E-state index in [1.165, 1.54) is 0 Å². The summed E-state index contributed by atoms with van der Waals surface area (Å²) in [4.78, 5) is 22.7. The van der Waals surface area contributed by atoms with Crippen LogP contribution in [0.15, 0.2) is 24.3 Å². The summed E-state index contributed by atoms with van der Waals surface area (Å²) in [7, 11) is 1.62. The molecule has 1 atom stereocenters. The lowest BCUT2D eigenvalue weighted by molar-refractivity contribution is -0.125. The van der Waals surface area contributed by atoms with Crippen LogP contribution in [0.1, 0.15) is 19.3 Å². The lowest BCUT2D eigenvalue weighted by atomic mass is 10.2. The van der Waals surface area contributed by atoms with Gasteiger partial charge in [-0.2, -0.15) is 0 Å². The minimum Gasteiger partial charge on any atom is -0.497 e. The fourth-order valence-corrected chi connectivity index (χ4v) is 2.08. The first kappa shape index (κ1) is 15.2. The number of nitrogens with one attached hydrogen (secondary N) is 2. The third-order valence-corrected chi connectivity index (χ3v) is 3.26. The molecule has 1 aromatic rings. The summed E-state index contributed by atoms with van der Waals surface area (Å²) in [5.74, 6) is 1.38. The van der Waals surface area contributed by atoms with Crippen molar-refractivity contribution >= 4 is 11.8 Å². The topological polar surface area (TPSA) is 76.7 Å². The third kappa shape index (κ3) is 4.66. The van der Waals surface area contributed by atoms with Crippen LogP contribution >= 0.6 is 0 Å². The molecule has 21 heavy (non-hydrogen) atoms. The lowest BCUT2D eigenvalue weighted by Gasteiger charge is -2.11. The summed E-state index contributed by atoms with van der Waals surface area (Å²) < 4.78 is 10.6. The zero-order valence-electron chi connectivity index (χ0n) is 12.1. The van der Waals surface area contributed by atoms with Gasteiger partial charge < -0.3 is 20.1 Å². The minimum absolute atomic E-state index is 0.0574. The van der Waals surface area contributed by atoms with Crippen LogP contribution in [0.3, 0.4) is 0 Å². The Balaban J connectivity index is 1.59. The normalized spacial score (nSPS) is 17.2. The molecule has 114 valence electrons. The predicted octanol–water partition coefficient (Wildman–Crippen LogP) is 0.859. The Morgan fingerprint density at radius 1 is 1.33 bits per heavy atom. The van der Waals surface area contributed by atoms with E-state index < -0.39 is 0 Å². The highest BCUT2D eigenvalue weighted by Gasteiger charge is 2.26. The summed E-state index contributed by atoms with van der Waals surface area (Å²) in [6, 6.07) is 6.97. The lowest BCUT2D eigenvalue weighted by Crippen LogP contribution is -2.42. The maximum Gasteiger partial charge on any atom is 0.242 e. The average Bonchev–Trinajstić information content (AvgIpc) is 2.94. The molecule has 0 spiro atoms. The molecular formula is C15H20N2O4. The molecule has 6 heteroatoms. The molecule has 0 aliphatic carbocycles. The highest BCUT2D eigenvalue weighted by molar-refractivity contribution is 5.90. The number of carbonyl (C=O) groups excluding carboxylic acids is 2. The molecule has 1 aliphatic heterocycles. The van der Waals surface area contributed by atoms with Crippen molar-refractivity contribution in [3.63, 3.8) is 0 Å². The summed E-state index contributed by atoms with van der Waals surface area (Å²) in [5, 5.41) is 5.43. The van der Waals surface area contributed by atoms with E-state index in [1.54, 1.807) is 7.11 Å². The van der Waals surface area contributed by atoms with Gasteiger partial charge in [-0.1, -0.05) is 0 Å². The standard InChI is InChI=1S/C15H20N2O4/c1-20-11-3-5-12(6-4-11)21-10-2-9-16-15(19)13-7-8-14(18)17-13/h3-6,13H,2,7-10H2,1H3,(H,16,19)(H,17,18)/t13-/m1/s1. The van der Waals surface area contributed by atoms with E-state index in [0.717, 1.165) is 11.5 Å². The van der Waals surface area contributed by atoms with Gasteiger partial charge in [0.15, 0.2) is 0 Å². The van der Waals surface area contributed by atoms with E-state index in [4.69, 9.17) is 9.47 Å². The van der Waals surface area contributed by atoms with Crippen molar-refractivity contribution in [3.05, 3.63) is 24.3 Å². The summed E-state index contributed by atoms with van der Waals surface area (Å²) in [6.07, 6.45) is 1.71. The Morgan fingerprint density at radius 3 is 2.67 bits per heavy atom. The van der Waals surface area contributed by atoms with Gasteiger partial charge in [-0.05, 0) is 37.1 Å². The van der Waals surface area contributed by atoms with Crippen molar-refractivity contribution in [1.82, 2.24) is 10.6 Å². The average molecular weight is 292 g/mol. The van der Waals surface area contributed by atoms with Crippen LogP contribution in [0.25, 0.3) is 0 Å². The number of hydrogen-bond acceptors (Lipinski definition) is 4. The van der Waals surface area contributed by atoms with E-state index in [2.05, 4.69) is 10.6 Å². The quantitative estimate of drug-likeness (QED) is 0.731. The number of ether oxygens (including phenoxy) is 2. The Bertz CT molecular complexity index is 487. The van der Waals surface area contributed by atoms with Crippen molar-refractivity contribution < 1.29 is 19.1 Å². The van der Waals surface area contributed by atoms with Gasteiger partial charge in [-0.15, -0.1) is 0 Å². The van der Waals surface area contributed by atoms with Gasteiger partial charge >= 0.3 is 0 Å². The smallest absolute Gasteiger partial charge is 0.242 e. The molecule has 1 saturated heterocycles. The number of methoxy groups -OCH3 is 1. The molecule has 1 heterocycles. The van der Waals surface area contributed by atoms with Crippen molar-refractivity contribution in [2.75, 3.05) is 20.3 Å². The summed E-state index contributed by atoms with van der Waals surface area (Å²) >= 11 is 0. The maximum absolute atomic E-state index is 11.7. The molecule has 2 rings (SSSR count). The monoisotopic (exact) mass is 292 g/mol. The van der Waals surface area contributed by atoms with Gasteiger partial charge in [0.1, 0.15) is 17.5 Å². The number of amides is 2. The Hall–Kier alpha value is -2.24. The van der Waals surface area contributed by atoms with Gasteiger partial charge in [0.05, 0.1) is 13.7 Å². The molecule has 0 bridgehead atoms. The van der Waals surface area contributed by atoms with Crippen LogP contribution in [0.4, 0.5) is 0 Å². The van der Waals surface area contributed by atoms with E-state index in [0.29, 0.717) is 32.4 Å². The van der Waals surface area contributed by atoms with Crippen LogP contribution in [0.5, 0.6) is 11.5 Å². The molecule has 1 fully saturated rings. The van der Waals surface area contributed by atoms with Crippen molar-refractivity contribution in [3.8, 4) is 11.5 Å². The van der Waals surface area contributed by atoms with Gasteiger partial charge in [-0.25, -0.2) is 0 Å². The molecule has 0 saturated carbocycles. The molecule has 2 amide bonds. The van der Waals surface area contributed by atoms with Crippen LogP contribution in [0.2, 0.25) is 0 Å². The van der Waals surface area contributed by atoms with Crippen LogP contribution < -0.4 is 20.1 Å². The summed E-state index contributed by atoms with van der Waals surface area (Å²) in [5.41, 5.74) is 0. The molecule has 0 radical (unpaired) electrons. The molecule has 1 aliphatic rings. The molecule has 6 nitrogen and oxygen atoms in total. The predicted molar refractivity (Wildman–Crippen MR) is 77.3 cm³/mol. The van der Waals surface area contributed by atoms with Gasteiger partial charge in [-0.3, -0.25) is 9.59 Å². The second-order valence-electron chi connectivity index (χ2n) is 4.83. The molecular weight excluding hydrogens is 272 g/mol. The Labute approximate surface area is 123 Å². The maximum atomic E-state index is 11.7. The minimum atomic E-state index is -0.375. The Kier molecular flexibility index (Phi) is 5.43. The van der Waals surface area contributed by atoms with E-state index in [-0.39, 0.29) is 17.9 Å². The molecule has 0 unspecified atom stereocenters. The number of carbonyl (C=O) groups is 2. The number of benzene rings is 1. The molecule has 2 N–H and O–H groups in total. The largest absolute Gasteiger partial charge is 0.497 e. The fraction of sp³-hybridized carbons (Fsp3) is 0.467. The zero-order valence-corrected chi connectivity index (χ0v) is 12.1. The third-order valence-electron chi connectivity index (χ3n) is 3.26. The van der Waals surface area contributed by atoms with Crippen LogP contribution in [-0.2, 0) is 9.59 Å². The first-order valence-electron chi connectivity index (χ1n) is 7.03. The Morgan fingerprint density at radius 2 is 2.05 bits per heavy atom. The van der Waals surface area contributed by atoms with E-state index in [9.17, 15) is 9.59 Å². The van der Waals surface area contributed by atoms with Gasteiger partial charge in [0.2, 0.25) is 11.8 Å². The van der Waals surface area contributed by atoms with Crippen molar-refractivity contribution in [2.24, 2.45) is 0 Å². The highest BCUT2D eigenvalue weighted by Crippen LogP contribution is 2.16. The first-order valence-corrected chi connectivity index (χ1v) is 7.03. The fourth-order valence-electron chi connectivity index (χ4n) is 2.08. The molecule has 1 aromatic carbocycles. The summed E-state index contributed by atoms with van der Waals surface area (Å²) in [6.45, 7) is 1.05. The molecule has 0 aromatic heterocycles. The van der Waals surface area contributed by atoms with Crippen LogP contribution in [-0.4, -0.2) is 38.1 Å². The van der Waals surface area contributed by atoms with Gasteiger partial charge in [0.25, 0.3) is 0 Å². The van der Waals surface area contributed by atoms with Crippen molar-refractivity contribution in [1.29, 1.82) is 0 Å². The van der Waals surface area contributed by atoms with E-state index in [1.807, 2.05) is 24.3 Å². The first-order chi connectivity index (χ1) is 10.2.